The number of halogens is 3. The first kappa shape index (κ1) is 52.8. The van der Waals surface area contributed by atoms with Crippen molar-refractivity contribution in [3.63, 3.8) is 0 Å². The largest absolute Gasteiger partial charge is 0.465 e. The van der Waals surface area contributed by atoms with E-state index in [4.69, 9.17) is 36.0 Å². The zero-order valence-electron chi connectivity index (χ0n) is 46.6. The molecule has 12 aromatic rings. The van der Waals surface area contributed by atoms with Gasteiger partial charge in [-0.05, 0) is 63.7 Å². The van der Waals surface area contributed by atoms with Crippen molar-refractivity contribution in [2.45, 2.75) is 26.4 Å². The number of aromatic nitrogens is 24. The van der Waals surface area contributed by atoms with Crippen molar-refractivity contribution in [3.8, 4) is 43.5 Å². The maximum absolute atomic E-state index is 14.0. The Morgan fingerprint density at radius 2 is 0.843 bits per heavy atom. The van der Waals surface area contributed by atoms with Crippen molar-refractivity contribution in [1.29, 1.82) is 0 Å². The van der Waals surface area contributed by atoms with E-state index in [0.717, 1.165) is 55.0 Å². The molecule has 0 saturated carbocycles. The summed E-state index contributed by atoms with van der Waals surface area (Å²) in [7, 11) is 5.95. The average Bonchev–Trinajstić information content (AvgIpc) is 2.60. The SMILES string of the molecule is [3H]c1csc(OCc2c(Br)cncc2-n2nnn(C)c2=O)n1.[3H]c1csc(OCc2c(Cl)cncc2-n2nnn(C)c2=O)n1.[3H]c1csc(OCc2c(F)cncc2-n2nnn(C)c2=O)n1.[3H]c1csc(OCc2ccncc2-n2nnn(C)c2=O)n1. The summed E-state index contributed by atoms with van der Waals surface area (Å²) in [5.41, 5.74) is 1.80. The van der Waals surface area contributed by atoms with Crippen LogP contribution in [0, 0.1) is 5.82 Å². The van der Waals surface area contributed by atoms with Crippen LogP contribution in [0.5, 0.6) is 20.8 Å². The number of pyridine rings is 4. The van der Waals surface area contributed by atoms with Crippen LogP contribution in [0.3, 0.4) is 0 Å². The molecule has 0 saturated heterocycles. The van der Waals surface area contributed by atoms with Crippen LogP contribution in [0.25, 0.3) is 22.7 Å². The molecule has 0 aromatic carbocycles. The molecule has 0 aliphatic carbocycles. The molecule has 39 heteroatoms. The molecule has 426 valence electrons. The highest BCUT2D eigenvalue weighted by Gasteiger charge is 2.19. The van der Waals surface area contributed by atoms with E-state index in [1.165, 1.54) is 98.6 Å². The molecule has 32 nitrogen and oxygen atoms in total. The van der Waals surface area contributed by atoms with Crippen LogP contribution in [-0.4, -0.2) is 119 Å². The minimum atomic E-state index is -0.641. The molecule has 12 heterocycles. The van der Waals surface area contributed by atoms with Gasteiger partial charge in [0.1, 0.15) is 32.2 Å². The van der Waals surface area contributed by atoms with Gasteiger partial charge in [0.15, 0.2) is 0 Å². The average molecular weight is 1300 g/mol. The number of nitrogens with zero attached hydrogens (tertiary/aromatic N) is 24. The van der Waals surface area contributed by atoms with Crippen molar-refractivity contribution in [3.05, 3.63) is 181 Å². The fraction of sp³-hybridized carbons (Fsp3) is 0.182. The Bertz CT molecular complexity index is 4260. The quantitative estimate of drug-likeness (QED) is 0.134. The molecule has 12 aromatic heterocycles. The van der Waals surface area contributed by atoms with E-state index in [0.29, 0.717) is 58.8 Å². The van der Waals surface area contributed by atoms with Crippen LogP contribution < -0.4 is 41.7 Å². The van der Waals surface area contributed by atoms with Gasteiger partial charge in [0.05, 0.1) is 69.8 Å². The molecule has 83 heavy (non-hydrogen) atoms. The van der Waals surface area contributed by atoms with Crippen molar-refractivity contribution in [2.24, 2.45) is 28.2 Å². The van der Waals surface area contributed by atoms with Gasteiger partial charge >= 0.3 is 22.8 Å². The van der Waals surface area contributed by atoms with Gasteiger partial charge < -0.3 is 18.9 Å². The van der Waals surface area contributed by atoms with Crippen LogP contribution in [0.4, 0.5) is 4.39 Å². The summed E-state index contributed by atoms with van der Waals surface area (Å²) in [5, 5.41) is 37.5. The lowest BCUT2D eigenvalue weighted by molar-refractivity contribution is 0.297. The Morgan fingerprint density at radius 1 is 0.482 bits per heavy atom. The Hall–Kier alpha value is -9.50. The van der Waals surface area contributed by atoms with Gasteiger partial charge in [0.2, 0.25) is 0 Å². The summed E-state index contributed by atoms with van der Waals surface area (Å²) < 4.78 is 74.7. The summed E-state index contributed by atoms with van der Waals surface area (Å²) in [5.74, 6) is -0.641. The number of rotatable bonds is 16. The minimum absolute atomic E-state index is 0.0622. The van der Waals surface area contributed by atoms with Crippen LogP contribution in [-0.2, 0) is 54.6 Å². The molecule has 0 amide bonds. The fourth-order valence-electron chi connectivity index (χ4n) is 6.45. The maximum Gasteiger partial charge on any atom is 0.368 e. The molecule has 0 aliphatic rings. The minimum Gasteiger partial charge on any atom is -0.465 e. The Labute approximate surface area is 497 Å². The molecule has 12 rings (SSSR count). The van der Waals surface area contributed by atoms with E-state index in [1.807, 2.05) is 0 Å². The molecule has 0 atom stereocenters. The fourth-order valence-corrected chi connectivity index (χ4v) is 8.85. The van der Waals surface area contributed by atoms with Crippen LogP contribution >= 0.6 is 72.9 Å². The Kier molecular flexibility index (Phi) is 17.4. The topological polar surface area (TPSA) is 351 Å². The van der Waals surface area contributed by atoms with Crippen molar-refractivity contribution < 1.29 is 28.8 Å². The molecule has 0 bridgehead atoms. The summed E-state index contributed by atoms with van der Waals surface area (Å²) in [6.45, 7) is 0.217. The van der Waals surface area contributed by atoms with Gasteiger partial charge in [0, 0.05) is 114 Å². The smallest absolute Gasteiger partial charge is 0.368 e. The third kappa shape index (κ3) is 14.2. The monoisotopic (exact) mass is 1300 g/mol. The van der Waals surface area contributed by atoms with Crippen molar-refractivity contribution in [1.82, 2.24) is 119 Å². The van der Waals surface area contributed by atoms with Gasteiger partial charge in [-0.3, -0.25) is 19.9 Å². The lowest BCUT2D eigenvalue weighted by Crippen LogP contribution is -2.23. The molecule has 0 aliphatic heterocycles. The van der Waals surface area contributed by atoms with E-state index in [9.17, 15) is 23.6 Å². The van der Waals surface area contributed by atoms with Crippen LogP contribution in [0.1, 0.15) is 27.7 Å². The normalized spacial score (nSPS) is 11.4. The molecule has 0 N–H and O–H groups in total. The van der Waals surface area contributed by atoms with E-state index < -0.39 is 17.2 Å². The number of tetrazole rings is 4. The third-order valence-corrected chi connectivity index (χ3v) is 14.0. The molecular formula is C44H37BrClFN24O8S4. The van der Waals surface area contributed by atoms with Crippen LogP contribution in [0.2, 0.25) is 5.02 Å². The number of hydrogen-bond acceptors (Lipinski definition) is 28. The summed E-state index contributed by atoms with van der Waals surface area (Å²) in [6, 6.07) is 1.73. The first-order valence-corrected chi connectivity index (χ1v) is 27.5. The van der Waals surface area contributed by atoms with Crippen molar-refractivity contribution >= 4 is 72.9 Å². The van der Waals surface area contributed by atoms with Gasteiger partial charge in [0.25, 0.3) is 20.8 Å². The standard InChI is InChI=1S/C11H9BrN6O2S.C11H9ClN6O2S.C11H9FN6O2S.C11H10N6O2S/c3*1-17-11(19)18(16-15-17)9-5-13-4-8(12)7(9)6-20-10-14-2-3-21-10;1-16-11(18)17(15-14-16)9-6-12-3-2-8(9)7-19-10-13-4-5-20-10/h3*2-5H,6H2,1H3;2-6H,7H2,1H3/i3*2T;4T. The lowest BCUT2D eigenvalue weighted by atomic mass is 10.2. The second-order valence-electron chi connectivity index (χ2n) is 15.7. The van der Waals surface area contributed by atoms with E-state index in [1.54, 1.807) is 34.6 Å². The number of aryl methyl sites for hydroxylation is 4. The van der Waals surface area contributed by atoms with E-state index in [2.05, 4.69) is 97.5 Å². The van der Waals surface area contributed by atoms with Gasteiger partial charge in [-0.2, -0.15) is 37.5 Å². The van der Waals surface area contributed by atoms with Gasteiger partial charge in [-0.1, -0.05) is 56.9 Å². The Balaban J connectivity index is 0.000000138. The summed E-state index contributed by atoms with van der Waals surface area (Å²) in [4.78, 5) is 79.0. The second kappa shape index (κ2) is 27.3. The van der Waals surface area contributed by atoms with Crippen molar-refractivity contribution in [2.75, 3.05) is 0 Å². The van der Waals surface area contributed by atoms with E-state index >= 15 is 0 Å². The van der Waals surface area contributed by atoms with Gasteiger partial charge in [-0.25, -0.2) is 43.5 Å². The predicted octanol–water partition coefficient (Wildman–Crippen LogP) is 3.14. The predicted molar refractivity (Wildman–Crippen MR) is 296 cm³/mol. The maximum atomic E-state index is 14.0. The Morgan fingerprint density at radius 3 is 1.27 bits per heavy atom. The highest BCUT2D eigenvalue weighted by atomic mass is 79.9. The highest BCUT2D eigenvalue weighted by Crippen LogP contribution is 2.26. The first-order valence-electron chi connectivity index (χ1n) is 24.8. The first-order chi connectivity index (χ1) is 41.8. The number of ether oxygens (including phenoxy) is 4. The molecule has 0 fully saturated rings. The molecule has 0 radical (unpaired) electrons. The highest BCUT2D eigenvalue weighted by molar-refractivity contribution is 9.10. The van der Waals surface area contributed by atoms with Crippen LogP contribution in [0.15, 0.2) is 126 Å². The number of hydrogen-bond donors (Lipinski definition) is 0. The summed E-state index contributed by atoms with van der Waals surface area (Å²) >= 11 is 14.3. The van der Waals surface area contributed by atoms with Gasteiger partial charge in [-0.15, -0.1) is 0 Å². The van der Waals surface area contributed by atoms with E-state index in [-0.39, 0.29) is 78.9 Å². The molecule has 0 unspecified atom stereocenters. The summed E-state index contributed by atoms with van der Waals surface area (Å²) in [6.07, 6.45) is 12.0. The lowest BCUT2D eigenvalue weighted by Gasteiger charge is -2.09. The zero-order valence-corrected chi connectivity index (χ0v) is 48.2. The third-order valence-electron chi connectivity index (χ3n) is 10.5. The zero-order chi connectivity index (χ0) is 61.9. The molecule has 0 spiro atoms. The molecular weight excluding hydrogens is 1260 g/mol. The second-order valence-corrected chi connectivity index (χ2v) is 20.2. The number of thiazole rings is 4.